The number of para-hydroxylation sites is 1. The summed E-state index contributed by atoms with van der Waals surface area (Å²) in [6, 6.07) is 24.7. The standard InChI is InChI=1S/C33H35N3O/c1-5-35-23-31(37-33(35)34-32-25(3)20-24(2)21-26(32)4)22-27-16-18-30(19-17-27)36(28-12-8-6-9-13-28)29-14-10-7-11-15-29/h6-14,16-22,29H,5,15,23H2,1-4H3/b31-22+,34-33?. The van der Waals surface area contributed by atoms with Gasteiger partial charge in [0, 0.05) is 17.9 Å². The minimum absolute atomic E-state index is 0.292. The van der Waals surface area contributed by atoms with E-state index >= 15 is 0 Å². The molecule has 1 fully saturated rings. The summed E-state index contributed by atoms with van der Waals surface area (Å²) < 4.78 is 6.27. The normalized spacial score (nSPS) is 19.0. The summed E-state index contributed by atoms with van der Waals surface area (Å²) in [7, 11) is 0. The van der Waals surface area contributed by atoms with Crippen LogP contribution in [0.25, 0.3) is 6.08 Å². The van der Waals surface area contributed by atoms with Crippen LogP contribution in [0.1, 0.15) is 35.6 Å². The van der Waals surface area contributed by atoms with Gasteiger partial charge in [0.15, 0.2) is 0 Å². The number of rotatable bonds is 6. The van der Waals surface area contributed by atoms with Crippen LogP contribution in [0.3, 0.4) is 0 Å². The quantitative estimate of drug-likeness (QED) is 0.351. The van der Waals surface area contributed by atoms with Crippen LogP contribution in [0.2, 0.25) is 0 Å². The zero-order valence-corrected chi connectivity index (χ0v) is 22.2. The number of benzene rings is 3. The molecular formula is C33H35N3O. The number of aryl methyl sites for hydroxylation is 3. The largest absolute Gasteiger partial charge is 0.428 e. The van der Waals surface area contributed by atoms with E-state index in [2.05, 4.69) is 135 Å². The first-order valence-electron chi connectivity index (χ1n) is 13.1. The number of allylic oxidation sites excluding steroid dienone is 2. The first-order valence-corrected chi connectivity index (χ1v) is 13.1. The number of amidine groups is 1. The molecule has 0 saturated carbocycles. The number of ether oxygens (including phenoxy) is 1. The fourth-order valence-electron chi connectivity index (χ4n) is 5.13. The predicted molar refractivity (Wildman–Crippen MR) is 156 cm³/mol. The van der Waals surface area contributed by atoms with Crippen molar-refractivity contribution in [1.29, 1.82) is 0 Å². The Morgan fingerprint density at radius 3 is 2.30 bits per heavy atom. The highest BCUT2D eigenvalue weighted by Gasteiger charge is 2.25. The molecule has 1 aliphatic carbocycles. The SMILES string of the molecule is CCN1C/C(=C\c2ccc(N(c3ccccc3)C3C=CC=CC3)cc2)OC1=Nc1c(C)cc(C)cc1C. The third-order valence-corrected chi connectivity index (χ3v) is 6.89. The van der Waals surface area contributed by atoms with E-state index in [0.717, 1.165) is 36.5 Å². The second kappa shape index (κ2) is 10.9. The molecule has 1 heterocycles. The van der Waals surface area contributed by atoms with Gasteiger partial charge in [-0.1, -0.05) is 72.3 Å². The fourth-order valence-corrected chi connectivity index (χ4v) is 5.13. The van der Waals surface area contributed by atoms with Gasteiger partial charge in [-0.2, -0.15) is 4.99 Å². The minimum Gasteiger partial charge on any atom is -0.428 e. The number of hydrogen-bond donors (Lipinski definition) is 0. The van der Waals surface area contributed by atoms with E-state index in [-0.39, 0.29) is 0 Å². The Labute approximate surface area is 220 Å². The van der Waals surface area contributed by atoms with Crippen LogP contribution >= 0.6 is 0 Å². The van der Waals surface area contributed by atoms with Crippen molar-refractivity contribution in [3.05, 3.63) is 119 Å². The van der Waals surface area contributed by atoms with Crippen molar-refractivity contribution in [2.45, 2.75) is 40.2 Å². The van der Waals surface area contributed by atoms with E-state index < -0.39 is 0 Å². The number of hydrogen-bond acceptors (Lipinski definition) is 3. The summed E-state index contributed by atoms with van der Waals surface area (Å²) in [5.41, 5.74) is 8.08. The first-order chi connectivity index (χ1) is 18.0. The molecule has 4 heteroatoms. The molecule has 3 aromatic rings. The molecule has 5 rings (SSSR count). The molecule has 1 saturated heterocycles. The molecule has 0 spiro atoms. The molecule has 1 atom stereocenters. The molecule has 37 heavy (non-hydrogen) atoms. The highest BCUT2D eigenvalue weighted by Crippen LogP contribution is 2.32. The van der Waals surface area contributed by atoms with Crippen molar-refractivity contribution in [3.63, 3.8) is 0 Å². The molecule has 0 N–H and O–H groups in total. The van der Waals surface area contributed by atoms with Crippen LogP contribution < -0.4 is 4.90 Å². The Hall–Kier alpha value is -4.05. The van der Waals surface area contributed by atoms with Gasteiger partial charge in [0.25, 0.3) is 6.02 Å². The van der Waals surface area contributed by atoms with Crippen LogP contribution in [0.5, 0.6) is 0 Å². The highest BCUT2D eigenvalue weighted by atomic mass is 16.5. The van der Waals surface area contributed by atoms with Crippen molar-refractivity contribution in [2.24, 2.45) is 4.99 Å². The topological polar surface area (TPSA) is 28.1 Å². The zero-order chi connectivity index (χ0) is 25.8. The van der Waals surface area contributed by atoms with Crippen molar-refractivity contribution >= 4 is 29.2 Å². The number of nitrogens with zero attached hydrogens (tertiary/aromatic N) is 3. The van der Waals surface area contributed by atoms with E-state index in [0.29, 0.717) is 12.1 Å². The summed E-state index contributed by atoms with van der Waals surface area (Å²) in [4.78, 5) is 9.51. The van der Waals surface area contributed by atoms with E-state index in [1.165, 1.54) is 28.1 Å². The predicted octanol–water partition coefficient (Wildman–Crippen LogP) is 8.02. The number of anilines is 2. The molecule has 0 radical (unpaired) electrons. The molecule has 0 amide bonds. The molecule has 2 aliphatic rings. The van der Waals surface area contributed by atoms with E-state index in [4.69, 9.17) is 9.73 Å². The lowest BCUT2D eigenvalue weighted by Crippen LogP contribution is -2.29. The molecule has 1 aliphatic heterocycles. The minimum atomic E-state index is 0.292. The molecular weight excluding hydrogens is 454 g/mol. The van der Waals surface area contributed by atoms with Crippen LogP contribution in [-0.4, -0.2) is 30.1 Å². The maximum absolute atomic E-state index is 6.27. The maximum Gasteiger partial charge on any atom is 0.298 e. The van der Waals surface area contributed by atoms with Crippen LogP contribution in [0.15, 0.2) is 102 Å². The van der Waals surface area contributed by atoms with Crippen LogP contribution in [0, 0.1) is 20.8 Å². The number of aliphatic imine (C=N–C) groups is 1. The molecule has 3 aromatic carbocycles. The van der Waals surface area contributed by atoms with Crippen molar-refractivity contribution in [2.75, 3.05) is 18.0 Å². The van der Waals surface area contributed by atoms with Gasteiger partial charge in [0.05, 0.1) is 18.3 Å². The third kappa shape index (κ3) is 5.54. The smallest absolute Gasteiger partial charge is 0.298 e. The van der Waals surface area contributed by atoms with Gasteiger partial charge in [0.1, 0.15) is 5.76 Å². The maximum atomic E-state index is 6.27. The summed E-state index contributed by atoms with van der Waals surface area (Å²) in [6.07, 6.45) is 11.9. The second-order valence-corrected chi connectivity index (χ2v) is 9.78. The monoisotopic (exact) mass is 489 g/mol. The van der Waals surface area contributed by atoms with Gasteiger partial charge in [-0.3, -0.25) is 0 Å². The zero-order valence-electron chi connectivity index (χ0n) is 22.2. The Morgan fingerprint density at radius 1 is 0.946 bits per heavy atom. The van der Waals surface area contributed by atoms with Gasteiger partial charge in [0.2, 0.25) is 0 Å². The van der Waals surface area contributed by atoms with Gasteiger partial charge in [-0.15, -0.1) is 0 Å². The lowest BCUT2D eigenvalue weighted by Gasteiger charge is -2.32. The van der Waals surface area contributed by atoms with Gasteiger partial charge >= 0.3 is 0 Å². The lowest BCUT2D eigenvalue weighted by molar-refractivity contribution is 0.426. The Kier molecular flexibility index (Phi) is 7.27. The summed E-state index contributed by atoms with van der Waals surface area (Å²) in [5.74, 6) is 0.913. The van der Waals surface area contributed by atoms with Crippen molar-refractivity contribution in [3.8, 4) is 0 Å². The van der Waals surface area contributed by atoms with Gasteiger partial charge in [-0.05, 0) is 81.1 Å². The second-order valence-electron chi connectivity index (χ2n) is 9.78. The summed E-state index contributed by atoms with van der Waals surface area (Å²) in [5, 5.41) is 0. The average molecular weight is 490 g/mol. The Bertz CT molecular complexity index is 1340. The van der Waals surface area contributed by atoms with Crippen molar-refractivity contribution < 1.29 is 4.74 Å². The highest BCUT2D eigenvalue weighted by molar-refractivity contribution is 5.83. The molecule has 0 bridgehead atoms. The van der Waals surface area contributed by atoms with Crippen LogP contribution in [-0.2, 0) is 4.74 Å². The fraction of sp³-hybridized carbons (Fsp3) is 0.242. The van der Waals surface area contributed by atoms with E-state index in [1.807, 2.05) is 0 Å². The Balaban J connectivity index is 1.39. The number of likely N-dealkylation sites (N-methyl/N-ethyl adjacent to an activating group) is 1. The first kappa shape index (κ1) is 24.6. The molecule has 188 valence electrons. The summed E-state index contributed by atoms with van der Waals surface area (Å²) in [6.45, 7) is 10.0. The Morgan fingerprint density at radius 2 is 1.65 bits per heavy atom. The molecule has 4 nitrogen and oxygen atoms in total. The van der Waals surface area contributed by atoms with Crippen LogP contribution in [0.4, 0.5) is 17.1 Å². The van der Waals surface area contributed by atoms with E-state index in [9.17, 15) is 0 Å². The van der Waals surface area contributed by atoms with Crippen molar-refractivity contribution in [1.82, 2.24) is 4.90 Å². The van der Waals surface area contributed by atoms with Gasteiger partial charge < -0.3 is 14.5 Å². The third-order valence-electron chi connectivity index (χ3n) is 6.89. The average Bonchev–Trinajstić information content (AvgIpc) is 3.30. The molecule has 0 aromatic heterocycles. The molecule has 1 unspecified atom stereocenters. The van der Waals surface area contributed by atoms with E-state index in [1.54, 1.807) is 0 Å². The lowest BCUT2D eigenvalue weighted by atomic mass is 10.0. The van der Waals surface area contributed by atoms with Gasteiger partial charge in [-0.25, -0.2) is 0 Å². The summed E-state index contributed by atoms with van der Waals surface area (Å²) >= 11 is 0.